The zero-order valence-electron chi connectivity index (χ0n) is 15.1. The Kier molecular flexibility index (Phi) is 9.83. The second-order valence-corrected chi connectivity index (χ2v) is 5.30. The lowest BCUT2D eigenvalue weighted by atomic mass is 10.2. The molecule has 2 heterocycles. The van der Waals surface area contributed by atoms with Gasteiger partial charge < -0.3 is 15.5 Å². The lowest BCUT2D eigenvalue weighted by molar-refractivity contribution is 0.790. The van der Waals surface area contributed by atoms with Gasteiger partial charge in [-0.3, -0.25) is 9.98 Å². The fraction of sp³-hybridized carbons (Fsp3) is 0.389. The van der Waals surface area contributed by atoms with E-state index in [4.69, 9.17) is 0 Å². The van der Waals surface area contributed by atoms with Crippen molar-refractivity contribution in [1.29, 1.82) is 0 Å². The van der Waals surface area contributed by atoms with E-state index in [2.05, 4.69) is 56.5 Å². The third-order valence-electron chi connectivity index (χ3n) is 3.74. The zero-order chi connectivity index (χ0) is 17.2. The molecule has 0 aliphatic carbocycles. The lowest BCUT2D eigenvalue weighted by Crippen LogP contribution is -2.36. The summed E-state index contributed by atoms with van der Waals surface area (Å²) in [5, 5.41) is 6.54. The van der Waals surface area contributed by atoms with Gasteiger partial charge in [0.25, 0.3) is 0 Å². The van der Waals surface area contributed by atoms with Crippen LogP contribution >= 0.6 is 24.0 Å². The molecule has 0 atom stereocenters. The molecular weight excluding hydrogens is 427 g/mol. The number of guanidine groups is 1. The lowest BCUT2D eigenvalue weighted by Gasteiger charge is -2.19. The van der Waals surface area contributed by atoms with Crippen molar-refractivity contribution in [3.63, 3.8) is 0 Å². The van der Waals surface area contributed by atoms with Gasteiger partial charge >= 0.3 is 0 Å². The van der Waals surface area contributed by atoms with Crippen LogP contribution in [0.3, 0.4) is 0 Å². The van der Waals surface area contributed by atoms with E-state index in [0.29, 0.717) is 13.1 Å². The molecule has 0 aliphatic heterocycles. The van der Waals surface area contributed by atoms with Crippen LogP contribution in [0, 0.1) is 0 Å². The van der Waals surface area contributed by atoms with Crippen molar-refractivity contribution >= 4 is 35.8 Å². The first-order valence-electron chi connectivity index (χ1n) is 8.31. The average Bonchev–Trinajstić information content (AvgIpc) is 2.65. The van der Waals surface area contributed by atoms with Gasteiger partial charge in [-0.25, -0.2) is 4.98 Å². The highest BCUT2D eigenvalue weighted by atomic mass is 127. The summed E-state index contributed by atoms with van der Waals surface area (Å²) < 4.78 is 0. The Bertz CT molecular complexity index is 626. The molecule has 0 fully saturated rings. The third-order valence-corrected chi connectivity index (χ3v) is 3.74. The van der Waals surface area contributed by atoms with Crippen molar-refractivity contribution < 1.29 is 0 Å². The molecule has 0 saturated heterocycles. The molecule has 7 heteroatoms. The highest BCUT2D eigenvalue weighted by Crippen LogP contribution is 2.10. The summed E-state index contributed by atoms with van der Waals surface area (Å²) in [6.07, 6.45) is 3.70. The van der Waals surface area contributed by atoms with Gasteiger partial charge in [0, 0.05) is 39.1 Å². The molecule has 2 rings (SSSR count). The maximum absolute atomic E-state index is 4.53. The number of aliphatic imine (C=N–C) groups is 1. The van der Waals surface area contributed by atoms with Crippen LogP contribution in [0.25, 0.3) is 0 Å². The first-order chi connectivity index (χ1) is 11.8. The van der Waals surface area contributed by atoms with Crippen molar-refractivity contribution in [1.82, 2.24) is 20.6 Å². The van der Waals surface area contributed by atoms with Crippen molar-refractivity contribution in [3.8, 4) is 0 Å². The minimum Gasteiger partial charge on any atom is -0.357 e. The van der Waals surface area contributed by atoms with Gasteiger partial charge in [0.05, 0.1) is 12.2 Å². The van der Waals surface area contributed by atoms with Crippen LogP contribution in [-0.4, -0.2) is 36.1 Å². The van der Waals surface area contributed by atoms with Crippen LogP contribution in [0.1, 0.15) is 25.1 Å². The molecule has 0 amide bonds. The number of rotatable bonds is 7. The molecule has 0 aromatic carbocycles. The van der Waals surface area contributed by atoms with Gasteiger partial charge in [-0.1, -0.05) is 12.1 Å². The molecular formula is C18H27IN6. The van der Waals surface area contributed by atoms with Gasteiger partial charge in [-0.2, -0.15) is 0 Å². The largest absolute Gasteiger partial charge is 0.357 e. The van der Waals surface area contributed by atoms with E-state index in [1.165, 1.54) is 0 Å². The van der Waals surface area contributed by atoms with Crippen LogP contribution in [0.4, 0.5) is 5.82 Å². The molecule has 2 aromatic rings. The molecule has 0 unspecified atom stereocenters. The van der Waals surface area contributed by atoms with Crippen molar-refractivity contribution in [2.45, 2.75) is 26.9 Å². The first kappa shape index (κ1) is 21.1. The maximum atomic E-state index is 4.53. The van der Waals surface area contributed by atoms with Crippen LogP contribution in [-0.2, 0) is 13.1 Å². The highest BCUT2D eigenvalue weighted by molar-refractivity contribution is 14.0. The number of halogens is 1. The summed E-state index contributed by atoms with van der Waals surface area (Å²) in [5.41, 5.74) is 2.09. The van der Waals surface area contributed by atoms with Crippen LogP contribution in [0.2, 0.25) is 0 Å². The Morgan fingerprint density at radius 2 is 1.80 bits per heavy atom. The fourth-order valence-corrected chi connectivity index (χ4v) is 2.34. The van der Waals surface area contributed by atoms with E-state index >= 15 is 0 Å². The Morgan fingerprint density at radius 1 is 1.04 bits per heavy atom. The fourth-order valence-electron chi connectivity index (χ4n) is 2.34. The molecule has 0 radical (unpaired) electrons. The Hall–Kier alpha value is -1.90. The summed E-state index contributed by atoms with van der Waals surface area (Å²) in [6, 6.07) is 10.0. The molecule has 0 bridgehead atoms. The van der Waals surface area contributed by atoms with Crippen molar-refractivity contribution in [2.24, 2.45) is 4.99 Å². The molecule has 0 aliphatic rings. The summed E-state index contributed by atoms with van der Waals surface area (Å²) in [7, 11) is 1.76. The van der Waals surface area contributed by atoms with E-state index in [1.54, 1.807) is 13.2 Å². The minimum atomic E-state index is 0. The summed E-state index contributed by atoms with van der Waals surface area (Å²) in [5.74, 6) is 1.76. The summed E-state index contributed by atoms with van der Waals surface area (Å²) in [6.45, 7) is 7.51. The molecule has 2 aromatic heterocycles. The number of hydrogen-bond acceptors (Lipinski definition) is 4. The van der Waals surface area contributed by atoms with Gasteiger partial charge in [-0.15, -0.1) is 24.0 Å². The molecule has 0 spiro atoms. The quantitative estimate of drug-likeness (QED) is 0.383. The Balaban J connectivity index is 0.00000312. The van der Waals surface area contributed by atoms with E-state index in [0.717, 1.165) is 36.1 Å². The van der Waals surface area contributed by atoms with Gasteiger partial charge in [0.2, 0.25) is 0 Å². The van der Waals surface area contributed by atoms with Crippen LogP contribution in [0.5, 0.6) is 0 Å². The monoisotopic (exact) mass is 454 g/mol. The molecule has 0 saturated carbocycles. The standard InChI is InChI=1S/C18H26N6.HI/c1-4-24(5-2)17-10-9-15(12-21-17)13-22-18(19-3)23-14-16-8-6-7-11-20-16;/h6-12H,4-5,13-14H2,1-3H3,(H2,19,22,23);1H. The van der Waals surface area contributed by atoms with Crippen LogP contribution < -0.4 is 15.5 Å². The number of aromatic nitrogens is 2. The molecule has 6 nitrogen and oxygen atoms in total. The van der Waals surface area contributed by atoms with Gasteiger partial charge in [0.15, 0.2) is 5.96 Å². The smallest absolute Gasteiger partial charge is 0.191 e. The van der Waals surface area contributed by atoms with E-state index in [9.17, 15) is 0 Å². The average molecular weight is 454 g/mol. The van der Waals surface area contributed by atoms with Crippen LogP contribution in [0.15, 0.2) is 47.7 Å². The second-order valence-electron chi connectivity index (χ2n) is 5.30. The summed E-state index contributed by atoms with van der Waals surface area (Å²) >= 11 is 0. The number of anilines is 1. The normalized spacial score (nSPS) is 10.8. The highest BCUT2D eigenvalue weighted by Gasteiger charge is 2.04. The topological polar surface area (TPSA) is 65.4 Å². The number of hydrogen-bond donors (Lipinski definition) is 2. The van der Waals surface area contributed by atoms with Gasteiger partial charge in [-0.05, 0) is 37.6 Å². The maximum Gasteiger partial charge on any atom is 0.191 e. The minimum absolute atomic E-state index is 0. The SMILES string of the molecule is CCN(CC)c1ccc(CNC(=NC)NCc2ccccn2)cn1.I. The van der Waals surface area contributed by atoms with E-state index in [-0.39, 0.29) is 24.0 Å². The molecule has 2 N–H and O–H groups in total. The number of nitrogens with one attached hydrogen (secondary N) is 2. The van der Waals surface area contributed by atoms with Crippen molar-refractivity contribution in [2.75, 3.05) is 25.0 Å². The molecule has 136 valence electrons. The summed E-state index contributed by atoms with van der Waals surface area (Å²) in [4.78, 5) is 15.3. The van der Waals surface area contributed by atoms with Gasteiger partial charge in [0.1, 0.15) is 5.82 Å². The molecule has 25 heavy (non-hydrogen) atoms. The predicted molar refractivity (Wildman–Crippen MR) is 114 cm³/mol. The Morgan fingerprint density at radius 3 is 2.36 bits per heavy atom. The zero-order valence-corrected chi connectivity index (χ0v) is 17.4. The Labute approximate surface area is 167 Å². The first-order valence-corrected chi connectivity index (χ1v) is 8.31. The second kappa shape index (κ2) is 11.6. The third kappa shape index (κ3) is 6.85. The number of nitrogens with zero attached hydrogens (tertiary/aromatic N) is 4. The van der Waals surface area contributed by atoms with E-state index in [1.807, 2.05) is 24.4 Å². The number of pyridine rings is 2. The van der Waals surface area contributed by atoms with E-state index < -0.39 is 0 Å². The van der Waals surface area contributed by atoms with Crippen molar-refractivity contribution in [3.05, 3.63) is 54.0 Å². The predicted octanol–water partition coefficient (Wildman–Crippen LogP) is 2.81.